The first-order valence-corrected chi connectivity index (χ1v) is 8.64. The molecule has 0 spiro atoms. The summed E-state index contributed by atoms with van der Waals surface area (Å²) >= 11 is 0. The highest BCUT2D eigenvalue weighted by atomic mass is 16.1. The van der Waals surface area contributed by atoms with Crippen molar-refractivity contribution in [2.75, 3.05) is 19.6 Å². The second kappa shape index (κ2) is 20.7. The molecule has 0 fully saturated rings. The zero-order chi connectivity index (χ0) is 15.5. The van der Waals surface area contributed by atoms with Gasteiger partial charge in [0, 0.05) is 16.3 Å². The van der Waals surface area contributed by atoms with Gasteiger partial charge in [-0.15, -0.1) is 0 Å². The Morgan fingerprint density at radius 2 is 1.30 bits per heavy atom. The van der Waals surface area contributed by atoms with Gasteiger partial charge in [0.25, 0.3) is 0 Å². The van der Waals surface area contributed by atoms with Gasteiger partial charge in [-0.1, -0.05) is 65.7 Å². The second-order valence-corrected chi connectivity index (χ2v) is 5.31. The summed E-state index contributed by atoms with van der Waals surface area (Å²) in [7, 11) is 0. The number of hydrogen-bond acceptors (Lipinski definition) is 2. The van der Waals surface area contributed by atoms with E-state index in [2.05, 4.69) is 31.4 Å². The lowest BCUT2D eigenvalue weighted by Gasteiger charge is -2.03. The van der Waals surface area contributed by atoms with Crippen molar-refractivity contribution in [3.05, 3.63) is 0 Å². The van der Waals surface area contributed by atoms with E-state index in [0.717, 1.165) is 26.1 Å². The monoisotopic (exact) mass is 290 g/mol. The zero-order valence-corrected chi connectivity index (χ0v) is 14.4. The lowest BCUT2D eigenvalue weighted by Crippen LogP contribution is -2.20. The first-order chi connectivity index (χ1) is 9.68. The minimum atomic E-state index is 0. The molecule has 0 rings (SSSR count). The molecule has 0 bridgehead atoms. The highest BCUT2D eigenvalue weighted by molar-refractivity contribution is 5.72. The van der Waals surface area contributed by atoms with Crippen LogP contribution in [0.5, 0.6) is 0 Å². The number of rotatable bonds is 12. The Morgan fingerprint density at radius 1 is 0.800 bits per heavy atom. The summed E-state index contributed by atoms with van der Waals surface area (Å²) in [6, 6.07) is 0. The van der Waals surface area contributed by atoms with E-state index in [-0.39, 0.29) is 8.76 Å². The van der Waals surface area contributed by atoms with Crippen LogP contribution in [-0.4, -0.2) is 25.5 Å². The third-order valence-corrected chi connectivity index (χ3v) is 3.11. The van der Waals surface area contributed by atoms with Crippen LogP contribution in [0, 0.1) is 0 Å². The molecule has 0 radical (unpaired) electrons. The van der Waals surface area contributed by atoms with E-state index in [0.29, 0.717) is 0 Å². The van der Waals surface area contributed by atoms with Crippen LogP contribution in [0.4, 0.5) is 0 Å². The number of carbonyl (C=O) groups excluding carboxylic acids is 1. The summed E-state index contributed by atoms with van der Waals surface area (Å²) in [5.74, 6) is 0.0839. The van der Waals surface area contributed by atoms with E-state index in [1.165, 1.54) is 51.4 Å². The molecule has 0 heterocycles. The maximum Gasteiger partial charge on any atom is 0.216 e. The van der Waals surface area contributed by atoms with E-state index < -0.39 is 0 Å². The Bertz CT molecular complexity index is 191. The number of carbonyl (C=O) groups is 1. The Labute approximate surface area is 130 Å². The molecule has 126 valence electrons. The fourth-order valence-electron chi connectivity index (χ4n) is 1.88. The van der Waals surface area contributed by atoms with Gasteiger partial charge in [0.05, 0.1) is 0 Å². The fourth-order valence-corrected chi connectivity index (χ4v) is 1.88. The standard InChI is InChI=1S/C12H26N2O.C5H12.2H2/c1-3-13-10-8-6-4-5-7-9-11-14-12(2)15;1-3-5-4-2;;/h13H,3-11H2,1-2H3,(H,14,15);3-5H2,1-2H3;2*1H. The molecule has 0 aliphatic heterocycles. The van der Waals surface area contributed by atoms with Crippen molar-refractivity contribution in [2.24, 2.45) is 0 Å². The average molecular weight is 291 g/mol. The molecule has 0 aromatic heterocycles. The normalized spacial score (nSPS) is 9.80. The van der Waals surface area contributed by atoms with Crippen molar-refractivity contribution < 1.29 is 7.65 Å². The largest absolute Gasteiger partial charge is 0.356 e. The molecule has 3 heteroatoms. The van der Waals surface area contributed by atoms with Crippen molar-refractivity contribution >= 4 is 5.91 Å². The van der Waals surface area contributed by atoms with Gasteiger partial charge in [0.15, 0.2) is 0 Å². The van der Waals surface area contributed by atoms with Gasteiger partial charge in [-0.05, 0) is 25.9 Å². The lowest BCUT2D eigenvalue weighted by atomic mass is 10.1. The Kier molecular flexibility index (Phi) is 22.5. The van der Waals surface area contributed by atoms with Crippen LogP contribution in [0.3, 0.4) is 0 Å². The molecule has 1 amide bonds. The van der Waals surface area contributed by atoms with E-state index >= 15 is 0 Å². The molecule has 20 heavy (non-hydrogen) atoms. The van der Waals surface area contributed by atoms with Crippen LogP contribution in [0.25, 0.3) is 0 Å². The quantitative estimate of drug-likeness (QED) is 0.509. The minimum Gasteiger partial charge on any atom is -0.356 e. The maximum atomic E-state index is 10.6. The molecule has 0 aromatic carbocycles. The topological polar surface area (TPSA) is 41.1 Å². The number of amides is 1. The van der Waals surface area contributed by atoms with Crippen LogP contribution in [0.1, 0.15) is 88.3 Å². The van der Waals surface area contributed by atoms with Crippen LogP contribution in [0.2, 0.25) is 0 Å². The highest BCUT2D eigenvalue weighted by Gasteiger charge is 1.92. The van der Waals surface area contributed by atoms with Crippen LogP contribution in [-0.2, 0) is 4.79 Å². The summed E-state index contributed by atoms with van der Waals surface area (Å²) in [6.07, 6.45) is 11.7. The maximum absolute atomic E-state index is 10.6. The molecule has 0 saturated carbocycles. The fraction of sp³-hybridized carbons (Fsp3) is 0.941. The molecule has 0 aliphatic carbocycles. The summed E-state index contributed by atoms with van der Waals surface area (Å²) in [5.41, 5.74) is 0. The summed E-state index contributed by atoms with van der Waals surface area (Å²) in [4.78, 5) is 10.6. The van der Waals surface area contributed by atoms with Gasteiger partial charge in [0.2, 0.25) is 5.91 Å². The Hall–Kier alpha value is -0.570. The van der Waals surface area contributed by atoms with E-state index in [1.54, 1.807) is 6.92 Å². The van der Waals surface area contributed by atoms with Gasteiger partial charge in [-0.2, -0.15) is 0 Å². The highest BCUT2D eigenvalue weighted by Crippen LogP contribution is 2.04. The zero-order valence-electron chi connectivity index (χ0n) is 14.4. The molecule has 0 unspecified atom stereocenters. The predicted octanol–water partition coefficient (Wildman–Crippen LogP) is 4.76. The second-order valence-electron chi connectivity index (χ2n) is 5.31. The minimum absolute atomic E-state index is 0. The smallest absolute Gasteiger partial charge is 0.216 e. The van der Waals surface area contributed by atoms with Crippen molar-refractivity contribution in [3.8, 4) is 0 Å². The first kappa shape index (κ1) is 21.7. The summed E-state index contributed by atoms with van der Waals surface area (Å²) in [5, 5.41) is 6.14. The number of hydrogen-bond donors (Lipinski definition) is 2. The van der Waals surface area contributed by atoms with Gasteiger partial charge in [0.1, 0.15) is 0 Å². The third-order valence-electron chi connectivity index (χ3n) is 3.11. The van der Waals surface area contributed by atoms with Crippen LogP contribution < -0.4 is 10.6 Å². The van der Waals surface area contributed by atoms with Crippen molar-refractivity contribution in [1.29, 1.82) is 0 Å². The average Bonchev–Trinajstić information content (AvgIpc) is 2.42. The van der Waals surface area contributed by atoms with Crippen LogP contribution >= 0.6 is 0 Å². The van der Waals surface area contributed by atoms with Gasteiger partial charge in [-0.25, -0.2) is 0 Å². The number of nitrogens with one attached hydrogen (secondary N) is 2. The lowest BCUT2D eigenvalue weighted by molar-refractivity contribution is -0.118. The van der Waals surface area contributed by atoms with E-state index in [9.17, 15) is 4.79 Å². The van der Waals surface area contributed by atoms with Crippen LogP contribution in [0.15, 0.2) is 0 Å². The molecule has 3 nitrogen and oxygen atoms in total. The molecular weight excluding hydrogens is 248 g/mol. The molecule has 2 N–H and O–H groups in total. The molecule has 0 aliphatic rings. The predicted molar refractivity (Wildman–Crippen MR) is 94.4 cm³/mol. The molecular formula is C17H42N2O. The first-order valence-electron chi connectivity index (χ1n) is 8.64. The van der Waals surface area contributed by atoms with Gasteiger partial charge in [-0.3, -0.25) is 4.79 Å². The Morgan fingerprint density at radius 3 is 1.70 bits per heavy atom. The van der Waals surface area contributed by atoms with E-state index in [4.69, 9.17) is 0 Å². The summed E-state index contributed by atoms with van der Waals surface area (Å²) in [6.45, 7) is 11.2. The van der Waals surface area contributed by atoms with Crippen molar-refractivity contribution in [1.82, 2.24) is 10.6 Å². The Balaban J connectivity index is -0.000000201. The van der Waals surface area contributed by atoms with E-state index in [1.807, 2.05) is 0 Å². The SMILES string of the molecule is CCCCC.CCNCCCCCCCCNC(C)=O.[HH].[HH]. The molecule has 0 saturated heterocycles. The summed E-state index contributed by atoms with van der Waals surface area (Å²) < 4.78 is 0. The van der Waals surface area contributed by atoms with Gasteiger partial charge < -0.3 is 10.6 Å². The molecule has 0 atom stereocenters. The van der Waals surface area contributed by atoms with Gasteiger partial charge >= 0.3 is 0 Å². The van der Waals surface area contributed by atoms with Crippen molar-refractivity contribution in [3.63, 3.8) is 0 Å². The third kappa shape index (κ3) is 26.1. The molecule has 0 aromatic rings. The number of unbranched alkanes of at least 4 members (excludes halogenated alkanes) is 7. The van der Waals surface area contributed by atoms with Crippen molar-refractivity contribution in [2.45, 2.75) is 85.5 Å².